The van der Waals surface area contributed by atoms with E-state index in [0.717, 1.165) is 6.42 Å². The molecule has 1 fully saturated rings. The summed E-state index contributed by atoms with van der Waals surface area (Å²) in [5.74, 6) is 0. The smallest absolute Gasteiger partial charge is 0.0180 e. The third kappa shape index (κ3) is 2.26. The molecule has 0 aliphatic heterocycles. The molecule has 0 aromatic carbocycles. The summed E-state index contributed by atoms with van der Waals surface area (Å²) in [4.78, 5) is 0. The average molecular weight is 266 g/mol. The normalized spacial score (nSPS) is 31.2. The van der Waals surface area contributed by atoms with Crippen molar-refractivity contribution < 1.29 is 0 Å². The summed E-state index contributed by atoms with van der Waals surface area (Å²) in [6.07, 6.45) is 19.1. The number of hydrogen-bond donors (Lipinski definition) is 0. The van der Waals surface area contributed by atoms with Crippen LogP contribution in [0, 0.1) is 10.8 Å². The zero-order chi connectivity index (χ0) is 14.4. The summed E-state index contributed by atoms with van der Waals surface area (Å²) >= 11 is 0. The molecule has 0 amide bonds. The summed E-state index contributed by atoms with van der Waals surface area (Å²) < 4.78 is 0. The van der Waals surface area contributed by atoms with Gasteiger partial charge in [0.15, 0.2) is 0 Å². The largest absolute Gasteiger partial charge is 0.0801 e. The highest BCUT2D eigenvalue weighted by atomic mass is 14.4. The van der Waals surface area contributed by atoms with E-state index in [0.29, 0.717) is 0 Å². The van der Waals surface area contributed by atoms with Crippen molar-refractivity contribution in [2.75, 3.05) is 0 Å². The van der Waals surface area contributed by atoms with Gasteiger partial charge < -0.3 is 0 Å². The number of hydrogen-bond acceptors (Lipinski definition) is 0. The van der Waals surface area contributed by atoms with Gasteiger partial charge in [0.1, 0.15) is 0 Å². The molecule has 0 N–H and O–H groups in total. The molecule has 0 spiro atoms. The van der Waals surface area contributed by atoms with Gasteiger partial charge in [0.25, 0.3) is 0 Å². The molecular weight excluding hydrogens is 240 g/mol. The zero-order valence-corrected chi connectivity index (χ0v) is 13.3. The predicted octanol–water partition coefficient (Wildman–Crippen LogP) is 5.90. The van der Waals surface area contributed by atoms with Crippen LogP contribution in [0.1, 0.15) is 53.4 Å². The first-order chi connectivity index (χ1) is 9.40. The van der Waals surface area contributed by atoms with Gasteiger partial charge in [0.05, 0.1) is 0 Å². The molecule has 0 nitrogen and oxygen atoms in total. The Bertz CT molecular complexity index is 570. The van der Waals surface area contributed by atoms with E-state index in [-0.39, 0.29) is 10.8 Å². The summed E-state index contributed by atoms with van der Waals surface area (Å²) in [5, 5.41) is 0. The molecule has 3 aliphatic carbocycles. The Labute approximate surface area is 123 Å². The molecule has 0 radical (unpaired) electrons. The average Bonchev–Trinajstić information content (AvgIpc) is 2.37. The van der Waals surface area contributed by atoms with Crippen molar-refractivity contribution in [1.29, 1.82) is 0 Å². The van der Waals surface area contributed by atoms with Crippen molar-refractivity contribution in [3.63, 3.8) is 0 Å². The van der Waals surface area contributed by atoms with Gasteiger partial charge in [-0.1, -0.05) is 64.2 Å². The van der Waals surface area contributed by atoms with Crippen LogP contribution in [0.25, 0.3) is 0 Å². The molecule has 3 rings (SSSR count). The highest BCUT2D eigenvalue weighted by molar-refractivity contribution is 5.58. The Morgan fingerprint density at radius 2 is 1.90 bits per heavy atom. The van der Waals surface area contributed by atoms with Crippen molar-refractivity contribution in [1.82, 2.24) is 0 Å². The second-order valence-corrected chi connectivity index (χ2v) is 7.71. The van der Waals surface area contributed by atoms with E-state index in [1.807, 2.05) is 0 Å². The van der Waals surface area contributed by atoms with E-state index < -0.39 is 0 Å². The number of allylic oxidation sites excluding steroid dienone is 10. The summed E-state index contributed by atoms with van der Waals surface area (Å²) in [7, 11) is 0. The van der Waals surface area contributed by atoms with Gasteiger partial charge in [-0.05, 0) is 53.4 Å². The molecular formula is C20H26. The summed E-state index contributed by atoms with van der Waals surface area (Å²) in [6.45, 7) is 9.37. The van der Waals surface area contributed by atoms with Crippen LogP contribution < -0.4 is 0 Å². The first-order valence-corrected chi connectivity index (χ1v) is 7.91. The Hall–Kier alpha value is -1.30. The molecule has 106 valence electrons. The number of rotatable bonds is 0. The topological polar surface area (TPSA) is 0 Å². The minimum Gasteiger partial charge on any atom is -0.0801 e. The van der Waals surface area contributed by atoms with Crippen LogP contribution in [0.5, 0.6) is 0 Å². The Morgan fingerprint density at radius 1 is 1.10 bits per heavy atom. The minimum absolute atomic E-state index is 0.240. The molecule has 1 saturated carbocycles. The molecule has 0 heteroatoms. The summed E-state index contributed by atoms with van der Waals surface area (Å²) in [5.41, 5.74) is 6.75. The maximum atomic E-state index is 2.49. The van der Waals surface area contributed by atoms with Crippen LogP contribution in [0.3, 0.4) is 0 Å². The molecule has 0 aromatic rings. The second kappa shape index (κ2) is 4.62. The van der Waals surface area contributed by atoms with E-state index in [4.69, 9.17) is 0 Å². The lowest BCUT2D eigenvalue weighted by molar-refractivity contribution is 0.392. The molecule has 0 heterocycles. The van der Waals surface area contributed by atoms with Gasteiger partial charge in [-0.15, -0.1) is 0 Å². The zero-order valence-electron chi connectivity index (χ0n) is 13.3. The van der Waals surface area contributed by atoms with E-state index >= 15 is 0 Å². The van der Waals surface area contributed by atoms with Crippen molar-refractivity contribution >= 4 is 0 Å². The Kier molecular flexibility index (Phi) is 3.16. The van der Waals surface area contributed by atoms with Crippen LogP contribution in [0.15, 0.2) is 58.7 Å². The molecule has 0 aromatic heterocycles. The highest BCUT2D eigenvalue weighted by Gasteiger charge is 2.40. The van der Waals surface area contributed by atoms with Crippen LogP contribution in [-0.2, 0) is 0 Å². The van der Waals surface area contributed by atoms with Gasteiger partial charge in [0.2, 0.25) is 0 Å². The molecule has 3 aliphatic rings. The van der Waals surface area contributed by atoms with Crippen LogP contribution in [0.2, 0.25) is 0 Å². The predicted molar refractivity (Wildman–Crippen MR) is 87.5 cm³/mol. The molecule has 0 bridgehead atoms. The van der Waals surface area contributed by atoms with Gasteiger partial charge in [0, 0.05) is 5.41 Å². The van der Waals surface area contributed by atoms with E-state index in [2.05, 4.69) is 64.2 Å². The van der Waals surface area contributed by atoms with Gasteiger partial charge in [-0.3, -0.25) is 0 Å². The maximum absolute atomic E-state index is 2.49. The standard InChI is InChI=1S/C20H26/c1-19(2,3)14-16-9-7-13-20(4)17-10-6-5-8-15(17)11-12-18(16)20/h5-6,10-12,14H,7-9,13H2,1-4H3/b16-14+. The molecule has 0 saturated heterocycles. The maximum Gasteiger partial charge on any atom is 0.0180 e. The van der Waals surface area contributed by atoms with Gasteiger partial charge in [-0.2, -0.15) is 0 Å². The quantitative estimate of drug-likeness (QED) is 0.512. The first-order valence-electron chi connectivity index (χ1n) is 7.91. The highest BCUT2D eigenvalue weighted by Crippen LogP contribution is 2.54. The van der Waals surface area contributed by atoms with Crippen LogP contribution >= 0.6 is 0 Å². The molecule has 1 atom stereocenters. The first kappa shape index (κ1) is 13.7. The monoisotopic (exact) mass is 266 g/mol. The lowest BCUT2D eigenvalue weighted by Gasteiger charge is -2.44. The third-order valence-corrected chi connectivity index (χ3v) is 4.80. The van der Waals surface area contributed by atoms with Crippen molar-refractivity contribution in [3.05, 3.63) is 58.7 Å². The number of fused-ring (bicyclic) bond motifs is 3. The fourth-order valence-corrected chi connectivity index (χ4v) is 3.96. The van der Waals surface area contributed by atoms with E-state index in [9.17, 15) is 0 Å². The molecule has 20 heavy (non-hydrogen) atoms. The summed E-state index contributed by atoms with van der Waals surface area (Å²) in [6, 6.07) is 0. The van der Waals surface area contributed by atoms with Crippen molar-refractivity contribution in [2.45, 2.75) is 53.4 Å². The fourth-order valence-electron chi connectivity index (χ4n) is 3.96. The second-order valence-electron chi connectivity index (χ2n) is 7.71. The van der Waals surface area contributed by atoms with Crippen molar-refractivity contribution in [2.24, 2.45) is 10.8 Å². The lowest BCUT2D eigenvalue weighted by atomic mass is 9.60. The van der Waals surface area contributed by atoms with E-state index in [1.165, 1.54) is 24.8 Å². The van der Waals surface area contributed by atoms with E-state index in [1.54, 1.807) is 16.7 Å². The molecule has 1 unspecified atom stereocenters. The van der Waals surface area contributed by atoms with Crippen LogP contribution in [0.4, 0.5) is 0 Å². The minimum atomic E-state index is 0.240. The SMILES string of the molecule is CC(C)(C)/C=C1\CCCC2(C)C3=CC=CCC3=CC=C12. The van der Waals surface area contributed by atoms with Gasteiger partial charge >= 0.3 is 0 Å². The Morgan fingerprint density at radius 3 is 2.65 bits per heavy atom. The lowest BCUT2D eigenvalue weighted by Crippen LogP contribution is -2.30. The van der Waals surface area contributed by atoms with Crippen molar-refractivity contribution in [3.8, 4) is 0 Å². The van der Waals surface area contributed by atoms with Crippen LogP contribution in [-0.4, -0.2) is 0 Å². The Balaban J connectivity index is 2.09. The third-order valence-electron chi connectivity index (χ3n) is 4.80. The van der Waals surface area contributed by atoms with Gasteiger partial charge in [-0.25, -0.2) is 0 Å². The fraction of sp³-hybridized carbons (Fsp3) is 0.500.